The largest absolute Gasteiger partial charge is 0.396 e. The fraction of sp³-hybridized carbons (Fsp3) is 0.350. The lowest BCUT2D eigenvalue weighted by Gasteiger charge is -2.28. The van der Waals surface area contributed by atoms with Gasteiger partial charge in [0.05, 0.1) is 5.41 Å². The summed E-state index contributed by atoms with van der Waals surface area (Å²) in [5, 5.41) is 12.0. The van der Waals surface area contributed by atoms with Crippen molar-refractivity contribution in [1.82, 2.24) is 0 Å². The van der Waals surface area contributed by atoms with Gasteiger partial charge >= 0.3 is 0 Å². The van der Waals surface area contributed by atoms with Gasteiger partial charge in [-0.25, -0.2) is 4.39 Å². The molecular formula is C20H22FNO2. The van der Waals surface area contributed by atoms with Crippen molar-refractivity contribution in [1.29, 1.82) is 0 Å². The molecule has 0 aromatic heterocycles. The van der Waals surface area contributed by atoms with Crippen LogP contribution in [0.15, 0.2) is 48.5 Å². The minimum absolute atomic E-state index is 0.0264. The van der Waals surface area contributed by atoms with E-state index >= 15 is 0 Å². The van der Waals surface area contributed by atoms with E-state index in [-0.39, 0.29) is 18.3 Å². The molecule has 1 amide bonds. The van der Waals surface area contributed by atoms with Crippen LogP contribution >= 0.6 is 0 Å². The Bertz CT molecular complexity index is 689. The van der Waals surface area contributed by atoms with Crippen molar-refractivity contribution in [2.45, 2.75) is 37.5 Å². The molecule has 1 aliphatic rings. The van der Waals surface area contributed by atoms with Gasteiger partial charge in [0, 0.05) is 12.3 Å². The van der Waals surface area contributed by atoms with Crippen molar-refractivity contribution >= 4 is 11.6 Å². The Labute approximate surface area is 141 Å². The lowest BCUT2D eigenvalue weighted by Crippen LogP contribution is -2.38. The van der Waals surface area contributed by atoms with Gasteiger partial charge in [-0.2, -0.15) is 0 Å². The fourth-order valence-corrected chi connectivity index (χ4v) is 3.53. The summed E-state index contributed by atoms with van der Waals surface area (Å²) in [6.07, 6.45) is 4.17. The molecular weight excluding hydrogens is 305 g/mol. The Balaban J connectivity index is 1.81. The Kier molecular flexibility index (Phi) is 4.95. The Morgan fingerprint density at radius 2 is 1.67 bits per heavy atom. The first kappa shape index (κ1) is 16.7. The van der Waals surface area contributed by atoms with Gasteiger partial charge in [-0.3, -0.25) is 4.79 Å². The topological polar surface area (TPSA) is 49.3 Å². The number of halogens is 1. The van der Waals surface area contributed by atoms with Crippen molar-refractivity contribution in [3.8, 4) is 0 Å². The number of carbonyl (C=O) groups is 1. The number of nitrogens with one attached hydrogen (secondary N) is 1. The molecule has 0 atom stereocenters. The van der Waals surface area contributed by atoms with E-state index in [9.17, 15) is 9.18 Å². The molecule has 4 heteroatoms. The number of aliphatic hydroxyl groups excluding tert-OH is 1. The van der Waals surface area contributed by atoms with Gasteiger partial charge in [0.25, 0.3) is 0 Å². The SMILES string of the molecule is O=C(Nc1ccc(CCO)cc1)C1(c2ccc(F)cc2)CCCC1. The van der Waals surface area contributed by atoms with E-state index in [0.29, 0.717) is 6.42 Å². The van der Waals surface area contributed by atoms with E-state index in [2.05, 4.69) is 5.32 Å². The molecule has 0 radical (unpaired) electrons. The maximum absolute atomic E-state index is 13.2. The number of amides is 1. The summed E-state index contributed by atoms with van der Waals surface area (Å²) in [4.78, 5) is 13.0. The van der Waals surface area contributed by atoms with Crippen molar-refractivity contribution in [3.63, 3.8) is 0 Å². The molecule has 0 heterocycles. The van der Waals surface area contributed by atoms with Crippen LogP contribution in [0.4, 0.5) is 10.1 Å². The number of carbonyl (C=O) groups excluding carboxylic acids is 1. The zero-order valence-corrected chi connectivity index (χ0v) is 13.6. The standard InChI is InChI=1S/C20H22FNO2/c21-17-7-5-16(6-8-17)20(12-1-2-13-20)19(24)22-18-9-3-15(4-10-18)11-14-23/h3-10,23H,1-2,11-14H2,(H,22,24). The highest BCUT2D eigenvalue weighted by atomic mass is 19.1. The minimum Gasteiger partial charge on any atom is -0.396 e. The molecule has 2 N–H and O–H groups in total. The van der Waals surface area contributed by atoms with Crippen molar-refractivity contribution in [2.24, 2.45) is 0 Å². The van der Waals surface area contributed by atoms with Gasteiger partial charge in [-0.15, -0.1) is 0 Å². The molecule has 0 spiro atoms. The smallest absolute Gasteiger partial charge is 0.235 e. The fourth-order valence-electron chi connectivity index (χ4n) is 3.53. The van der Waals surface area contributed by atoms with Crippen LogP contribution in [0, 0.1) is 5.82 Å². The molecule has 1 saturated carbocycles. The predicted octanol–water partition coefficient (Wildman–Crippen LogP) is 3.81. The van der Waals surface area contributed by atoms with Gasteiger partial charge in [0.2, 0.25) is 5.91 Å². The molecule has 24 heavy (non-hydrogen) atoms. The maximum Gasteiger partial charge on any atom is 0.235 e. The predicted molar refractivity (Wildman–Crippen MR) is 92.4 cm³/mol. The molecule has 126 valence electrons. The van der Waals surface area contributed by atoms with Crippen LogP contribution in [-0.4, -0.2) is 17.6 Å². The summed E-state index contributed by atoms with van der Waals surface area (Å²) in [6.45, 7) is 0.110. The lowest BCUT2D eigenvalue weighted by molar-refractivity contribution is -0.121. The van der Waals surface area contributed by atoms with E-state index in [4.69, 9.17) is 5.11 Å². The molecule has 3 nitrogen and oxygen atoms in total. The first-order chi connectivity index (χ1) is 11.6. The second kappa shape index (κ2) is 7.14. The van der Waals surface area contributed by atoms with Crippen molar-refractivity contribution in [2.75, 3.05) is 11.9 Å². The number of hydrogen-bond donors (Lipinski definition) is 2. The molecule has 0 bridgehead atoms. The van der Waals surface area contributed by atoms with Crippen LogP contribution in [0.25, 0.3) is 0 Å². The molecule has 0 aliphatic heterocycles. The second-order valence-corrected chi connectivity index (χ2v) is 6.42. The van der Waals surface area contributed by atoms with E-state index < -0.39 is 5.41 Å². The second-order valence-electron chi connectivity index (χ2n) is 6.42. The molecule has 1 aliphatic carbocycles. The molecule has 0 saturated heterocycles. The minimum atomic E-state index is -0.572. The van der Waals surface area contributed by atoms with Gasteiger partial charge in [0.1, 0.15) is 5.82 Å². The Hall–Kier alpha value is -2.20. The zero-order chi connectivity index (χ0) is 17.0. The first-order valence-electron chi connectivity index (χ1n) is 8.41. The van der Waals surface area contributed by atoms with E-state index in [1.54, 1.807) is 12.1 Å². The molecule has 3 rings (SSSR count). The van der Waals surface area contributed by atoms with Crippen molar-refractivity contribution < 1.29 is 14.3 Å². The summed E-state index contributed by atoms with van der Waals surface area (Å²) in [7, 11) is 0. The van der Waals surface area contributed by atoms with Crippen LogP contribution in [-0.2, 0) is 16.6 Å². The third-order valence-electron chi connectivity index (χ3n) is 4.90. The monoisotopic (exact) mass is 327 g/mol. The van der Waals surface area contributed by atoms with E-state index in [1.165, 1.54) is 12.1 Å². The number of rotatable bonds is 5. The van der Waals surface area contributed by atoms with E-state index in [0.717, 1.165) is 42.5 Å². The van der Waals surface area contributed by atoms with Gasteiger partial charge < -0.3 is 10.4 Å². The third-order valence-corrected chi connectivity index (χ3v) is 4.90. The normalized spacial score (nSPS) is 16.1. The summed E-state index contributed by atoms with van der Waals surface area (Å²) in [5.74, 6) is -0.312. The number of anilines is 1. The number of hydrogen-bond acceptors (Lipinski definition) is 2. The molecule has 2 aromatic rings. The summed E-state index contributed by atoms with van der Waals surface area (Å²) < 4.78 is 13.2. The number of aliphatic hydroxyl groups is 1. The van der Waals surface area contributed by atoms with Gasteiger partial charge in [-0.05, 0) is 54.7 Å². The Morgan fingerprint density at radius 3 is 2.25 bits per heavy atom. The average molecular weight is 327 g/mol. The van der Waals surface area contributed by atoms with E-state index in [1.807, 2.05) is 24.3 Å². The first-order valence-corrected chi connectivity index (χ1v) is 8.41. The van der Waals surface area contributed by atoms with Crippen LogP contribution in [0.5, 0.6) is 0 Å². The molecule has 1 fully saturated rings. The third kappa shape index (κ3) is 3.34. The zero-order valence-electron chi connectivity index (χ0n) is 13.6. The van der Waals surface area contributed by atoms with Crippen LogP contribution in [0.3, 0.4) is 0 Å². The highest BCUT2D eigenvalue weighted by Crippen LogP contribution is 2.42. The highest BCUT2D eigenvalue weighted by Gasteiger charge is 2.42. The van der Waals surface area contributed by atoms with Gasteiger partial charge in [-0.1, -0.05) is 37.1 Å². The van der Waals surface area contributed by atoms with Crippen LogP contribution < -0.4 is 5.32 Å². The summed E-state index contributed by atoms with van der Waals surface area (Å²) in [6, 6.07) is 13.8. The van der Waals surface area contributed by atoms with Crippen LogP contribution in [0.2, 0.25) is 0 Å². The summed E-state index contributed by atoms with van der Waals surface area (Å²) >= 11 is 0. The molecule has 2 aromatic carbocycles. The maximum atomic E-state index is 13.2. The average Bonchev–Trinajstić information content (AvgIpc) is 3.08. The Morgan fingerprint density at radius 1 is 1.04 bits per heavy atom. The number of benzene rings is 2. The molecule has 0 unspecified atom stereocenters. The highest BCUT2D eigenvalue weighted by molar-refractivity contribution is 5.99. The summed E-state index contributed by atoms with van der Waals surface area (Å²) in [5.41, 5.74) is 2.09. The lowest BCUT2D eigenvalue weighted by atomic mass is 9.78. The van der Waals surface area contributed by atoms with Gasteiger partial charge in [0.15, 0.2) is 0 Å². The van der Waals surface area contributed by atoms with Crippen molar-refractivity contribution in [3.05, 3.63) is 65.5 Å². The van der Waals surface area contributed by atoms with Crippen LogP contribution in [0.1, 0.15) is 36.8 Å². The quantitative estimate of drug-likeness (QED) is 0.877.